The number of rotatable bonds is 4. The molecule has 0 aliphatic carbocycles. The Hall–Kier alpha value is -0.723. The summed E-state index contributed by atoms with van der Waals surface area (Å²) in [6, 6.07) is 0. The average molecular weight is 152 g/mol. The Morgan fingerprint density at radius 1 is 1.64 bits per heavy atom. The molecule has 58 valence electrons. The van der Waals surface area contributed by atoms with Gasteiger partial charge >= 0.3 is 30.8 Å². The Bertz CT molecular complexity index is 160. The zero-order valence-electron chi connectivity index (χ0n) is 7.37. The Balaban J connectivity index is -0.000000405. The second-order valence-corrected chi connectivity index (χ2v) is 1.54. The molecule has 0 aliphatic heterocycles. The number of aliphatic carboxylic acids is 1. The largest absolute Gasteiger partial charge is 1.00 e. The second-order valence-electron chi connectivity index (χ2n) is 1.54. The summed E-state index contributed by atoms with van der Waals surface area (Å²) in [5.41, 5.74) is 0. The third kappa shape index (κ3) is 9.28. The first kappa shape index (κ1) is 12.9. The second kappa shape index (κ2) is 7.39. The monoisotopic (exact) mass is 152 g/mol. The van der Waals surface area contributed by atoms with Crippen LogP contribution < -0.4 is 18.9 Å². The van der Waals surface area contributed by atoms with Gasteiger partial charge in [-0.1, -0.05) is 12.7 Å². The quantitative estimate of drug-likeness (QED) is 0.206. The number of ether oxygens (including phenoxy) is 1. The molecule has 1 N–H and O–H groups in total. The van der Waals surface area contributed by atoms with Crippen LogP contribution in [0.5, 0.6) is 0 Å². The molecule has 0 radical (unpaired) electrons. The molecular weight excluding hydrogens is 143 g/mol. The maximum atomic E-state index is 10.4. The van der Waals surface area contributed by atoms with E-state index in [1.807, 2.05) is 0 Å². The maximum Gasteiger partial charge on any atom is 1.00 e. The molecule has 0 spiro atoms. The average Bonchev–Trinajstić information content (AvgIpc) is 1.82. The van der Waals surface area contributed by atoms with Crippen molar-refractivity contribution in [1.29, 1.82) is 0 Å². The number of esters is 1. The van der Waals surface area contributed by atoms with E-state index in [2.05, 4.69) is 11.3 Å². The summed E-state index contributed by atoms with van der Waals surface area (Å²) in [5.74, 6) is -1.93. The van der Waals surface area contributed by atoms with E-state index in [4.69, 9.17) is 5.11 Å². The van der Waals surface area contributed by atoms with Gasteiger partial charge in [-0.3, -0.25) is 9.59 Å². The fraction of sp³-hybridized carbons (Fsp3) is 0.333. The minimum Gasteiger partial charge on any atom is -1.00 e. The molecule has 0 aromatic carbocycles. The van der Waals surface area contributed by atoms with Crippen molar-refractivity contribution in [2.75, 3.05) is 6.61 Å². The van der Waals surface area contributed by atoms with Crippen LogP contribution in [0.3, 0.4) is 0 Å². The third-order valence-electron chi connectivity index (χ3n) is 0.658. The molecule has 0 rings (SSSR count). The molecule has 0 amide bonds. The van der Waals surface area contributed by atoms with Gasteiger partial charge in [0.2, 0.25) is 0 Å². The number of carboxylic acids is 1. The molecule has 0 bridgehead atoms. The van der Waals surface area contributed by atoms with E-state index in [0.717, 1.165) is 0 Å². The molecule has 0 unspecified atom stereocenters. The molecule has 0 aliphatic rings. The summed E-state index contributed by atoms with van der Waals surface area (Å²) < 4.78 is 4.36. The molecule has 0 atom stereocenters. The van der Waals surface area contributed by atoms with Crippen molar-refractivity contribution < 1.29 is 39.7 Å². The van der Waals surface area contributed by atoms with Crippen molar-refractivity contribution in [1.82, 2.24) is 0 Å². The van der Waals surface area contributed by atoms with Crippen LogP contribution in [-0.4, -0.2) is 23.7 Å². The summed E-state index contributed by atoms with van der Waals surface area (Å²) in [7, 11) is 0. The third-order valence-corrected chi connectivity index (χ3v) is 0.658. The van der Waals surface area contributed by atoms with Gasteiger partial charge in [-0.15, -0.1) is 0 Å². The Morgan fingerprint density at radius 3 is 2.55 bits per heavy atom. The van der Waals surface area contributed by atoms with Crippen LogP contribution in [0.25, 0.3) is 0 Å². The van der Waals surface area contributed by atoms with Gasteiger partial charge in [0, 0.05) is 0 Å². The molecule has 0 saturated carbocycles. The van der Waals surface area contributed by atoms with Crippen LogP contribution in [0.2, 0.25) is 0 Å². The van der Waals surface area contributed by atoms with Gasteiger partial charge < -0.3 is 11.3 Å². The molecule has 0 aromatic rings. The van der Waals surface area contributed by atoms with E-state index < -0.39 is 18.4 Å². The number of carbonyl (C=O) groups excluding carboxylic acids is 1. The number of carboxylic acid groups (broad SMARTS) is 1. The van der Waals surface area contributed by atoms with Crippen molar-refractivity contribution in [3.05, 3.63) is 12.7 Å². The van der Waals surface area contributed by atoms with Crippen molar-refractivity contribution in [2.45, 2.75) is 6.42 Å². The molecule has 4 nitrogen and oxygen atoms in total. The fourth-order valence-corrected chi connectivity index (χ4v) is 0.326. The van der Waals surface area contributed by atoms with E-state index in [1.165, 1.54) is 6.08 Å². The van der Waals surface area contributed by atoms with Crippen molar-refractivity contribution in [3.8, 4) is 0 Å². The standard InChI is InChI=1S/C6H8O4.Li.H/c1-2-3-10-6(9)4-5(7)8;;/h2H,1,3-4H2,(H,7,8);;/q;+1;-1. The van der Waals surface area contributed by atoms with Gasteiger partial charge in [0.1, 0.15) is 13.0 Å². The van der Waals surface area contributed by atoms with E-state index in [9.17, 15) is 9.59 Å². The Kier molecular flexibility index (Phi) is 8.67. The summed E-state index contributed by atoms with van der Waals surface area (Å²) in [6.07, 6.45) is 0.785. The van der Waals surface area contributed by atoms with Crippen molar-refractivity contribution >= 4 is 11.9 Å². The van der Waals surface area contributed by atoms with Crippen LogP contribution in [0.1, 0.15) is 7.85 Å². The summed E-state index contributed by atoms with van der Waals surface area (Å²) in [6.45, 7) is 3.35. The topological polar surface area (TPSA) is 63.6 Å². The summed E-state index contributed by atoms with van der Waals surface area (Å²) in [5, 5.41) is 8.06. The first-order chi connectivity index (χ1) is 4.66. The van der Waals surface area contributed by atoms with Crippen LogP contribution in [0, 0.1) is 0 Å². The van der Waals surface area contributed by atoms with Crippen LogP contribution >= 0.6 is 0 Å². The van der Waals surface area contributed by atoms with Crippen molar-refractivity contribution in [3.63, 3.8) is 0 Å². The first-order valence-corrected chi connectivity index (χ1v) is 2.65. The normalized spacial score (nSPS) is 7.64. The molecular formula is C6H9LiO4. The minimum absolute atomic E-state index is 0. The SMILES string of the molecule is C=CCOC(=O)CC(=O)O.[H-].[Li+]. The first-order valence-electron chi connectivity index (χ1n) is 2.65. The van der Waals surface area contributed by atoms with Crippen molar-refractivity contribution in [2.24, 2.45) is 0 Å². The van der Waals surface area contributed by atoms with E-state index in [-0.39, 0.29) is 26.9 Å². The van der Waals surface area contributed by atoms with E-state index >= 15 is 0 Å². The Morgan fingerprint density at radius 2 is 2.18 bits per heavy atom. The van der Waals surface area contributed by atoms with Gasteiger partial charge in [0.25, 0.3) is 0 Å². The van der Waals surface area contributed by atoms with Crippen LogP contribution in [0.4, 0.5) is 0 Å². The summed E-state index contributed by atoms with van der Waals surface area (Å²) in [4.78, 5) is 20.2. The van der Waals surface area contributed by atoms with Gasteiger partial charge in [-0.25, -0.2) is 0 Å². The van der Waals surface area contributed by atoms with Crippen LogP contribution in [0.15, 0.2) is 12.7 Å². The summed E-state index contributed by atoms with van der Waals surface area (Å²) >= 11 is 0. The predicted molar refractivity (Wildman–Crippen MR) is 34.5 cm³/mol. The molecule has 11 heavy (non-hydrogen) atoms. The number of carbonyl (C=O) groups is 2. The van der Waals surface area contributed by atoms with Gasteiger partial charge in [0.05, 0.1) is 0 Å². The number of hydrogen-bond donors (Lipinski definition) is 1. The molecule has 0 fully saturated rings. The molecule has 0 saturated heterocycles. The molecule has 0 aromatic heterocycles. The maximum absolute atomic E-state index is 10.4. The van der Waals surface area contributed by atoms with E-state index in [0.29, 0.717) is 0 Å². The fourth-order valence-electron chi connectivity index (χ4n) is 0.326. The molecule has 0 heterocycles. The zero-order valence-corrected chi connectivity index (χ0v) is 6.37. The minimum atomic E-state index is -1.19. The zero-order chi connectivity index (χ0) is 7.98. The van der Waals surface area contributed by atoms with Gasteiger partial charge in [0.15, 0.2) is 0 Å². The van der Waals surface area contributed by atoms with Gasteiger partial charge in [-0.05, 0) is 0 Å². The Labute approximate surface area is 77.9 Å². The smallest absolute Gasteiger partial charge is 1.00 e. The predicted octanol–water partition coefficient (Wildman–Crippen LogP) is -2.69. The van der Waals surface area contributed by atoms with E-state index in [1.54, 1.807) is 0 Å². The van der Waals surface area contributed by atoms with Gasteiger partial charge in [-0.2, -0.15) is 0 Å². The molecule has 5 heteroatoms. The number of hydrogen-bond acceptors (Lipinski definition) is 3. The van der Waals surface area contributed by atoms with Crippen LogP contribution in [-0.2, 0) is 14.3 Å².